The fourth-order valence-corrected chi connectivity index (χ4v) is 2.87. The van der Waals surface area contributed by atoms with Crippen molar-refractivity contribution >= 4 is 5.78 Å². The van der Waals surface area contributed by atoms with E-state index in [1.807, 2.05) is 30.3 Å². The molecule has 1 aliphatic carbocycles. The second kappa shape index (κ2) is 5.23. The van der Waals surface area contributed by atoms with Crippen molar-refractivity contribution in [3.05, 3.63) is 35.9 Å². The van der Waals surface area contributed by atoms with Gasteiger partial charge in [0, 0.05) is 6.42 Å². The Morgan fingerprint density at radius 3 is 2.56 bits per heavy atom. The molecule has 2 nitrogen and oxygen atoms in total. The van der Waals surface area contributed by atoms with Crippen molar-refractivity contribution < 1.29 is 9.90 Å². The Hall–Kier alpha value is -1.15. The summed E-state index contributed by atoms with van der Waals surface area (Å²) in [6.45, 7) is 4.15. The Labute approximate surface area is 109 Å². The molecule has 1 saturated carbocycles. The number of rotatable bonds is 6. The summed E-state index contributed by atoms with van der Waals surface area (Å²) in [6.07, 6.45) is 2.74. The summed E-state index contributed by atoms with van der Waals surface area (Å²) in [6, 6.07) is 9.57. The molecular weight excluding hydrogens is 224 g/mol. The van der Waals surface area contributed by atoms with Gasteiger partial charge in [0.1, 0.15) is 5.78 Å². The average Bonchev–Trinajstić information content (AvgIpc) is 3.09. The quantitative estimate of drug-likeness (QED) is 0.834. The molecule has 3 unspecified atom stereocenters. The molecule has 1 aliphatic rings. The van der Waals surface area contributed by atoms with E-state index in [4.69, 9.17) is 0 Å². The van der Waals surface area contributed by atoms with Crippen LogP contribution >= 0.6 is 0 Å². The fourth-order valence-electron chi connectivity index (χ4n) is 2.87. The Balaban J connectivity index is 2.16. The predicted octanol–water partition coefficient (Wildman–Crippen LogP) is 3.51. The first-order valence-corrected chi connectivity index (χ1v) is 6.89. The van der Waals surface area contributed by atoms with Crippen LogP contribution in [0, 0.1) is 11.3 Å². The molecule has 1 N–H and O–H groups in total. The van der Waals surface area contributed by atoms with Crippen LogP contribution in [0.3, 0.4) is 0 Å². The number of aliphatic hydroxyl groups excluding tert-OH is 1. The Morgan fingerprint density at radius 1 is 1.44 bits per heavy atom. The van der Waals surface area contributed by atoms with E-state index < -0.39 is 11.5 Å². The molecule has 0 spiro atoms. The number of benzene rings is 1. The monoisotopic (exact) mass is 246 g/mol. The van der Waals surface area contributed by atoms with Crippen LogP contribution in [0.4, 0.5) is 0 Å². The van der Waals surface area contributed by atoms with Gasteiger partial charge in [0.25, 0.3) is 0 Å². The lowest BCUT2D eigenvalue weighted by Crippen LogP contribution is -2.26. The molecule has 1 aromatic rings. The Kier molecular flexibility index (Phi) is 3.86. The molecule has 2 heteroatoms. The zero-order valence-corrected chi connectivity index (χ0v) is 11.2. The van der Waals surface area contributed by atoms with Crippen molar-refractivity contribution in [1.82, 2.24) is 0 Å². The second-order valence-corrected chi connectivity index (χ2v) is 5.49. The van der Waals surface area contributed by atoms with Crippen LogP contribution in [0.1, 0.15) is 51.2 Å². The van der Waals surface area contributed by atoms with Gasteiger partial charge < -0.3 is 5.11 Å². The number of carbonyl (C=O) groups is 1. The molecule has 18 heavy (non-hydrogen) atoms. The molecule has 0 heterocycles. The van der Waals surface area contributed by atoms with Crippen LogP contribution < -0.4 is 0 Å². The average molecular weight is 246 g/mol. The minimum Gasteiger partial charge on any atom is -0.387 e. The van der Waals surface area contributed by atoms with Crippen LogP contribution in [0.15, 0.2) is 30.3 Å². The van der Waals surface area contributed by atoms with Crippen molar-refractivity contribution in [2.24, 2.45) is 11.3 Å². The third-order valence-electron chi connectivity index (χ3n) is 4.24. The van der Waals surface area contributed by atoms with Crippen LogP contribution in [-0.4, -0.2) is 10.9 Å². The summed E-state index contributed by atoms with van der Waals surface area (Å²) in [7, 11) is 0. The fraction of sp³-hybridized carbons (Fsp3) is 0.562. The molecule has 1 aromatic carbocycles. The predicted molar refractivity (Wildman–Crippen MR) is 72.1 cm³/mol. The highest BCUT2D eigenvalue weighted by Gasteiger charge is 2.61. The first-order valence-electron chi connectivity index (χ1n) is 6.89. The van der Waals surface area contributed by atoms with Crippen molar-refractivity contribution in [2.75, 3.05) is 0 Å². The molecule has 0 saturated heterocycles. The summed E-state index contributed by atoms with van der Waals surface area (Å²) in [4.78, 5) is 12.4. The zero-order valence-electron chi connectivity index (χ0n) is 11.2. The highest BCUT2D eigenvalue weighted by atomic mass is 16.3. The summed E-state index contributed by atoms with van der Waals surface area (Å²) >= 11 is 0. The number of unbranched alkanes of at least 4 members (excludes halogenated alkanes) is 1. The van der Waals surface area contributed by atoms with E-state index in [2.05, 4.69) is 13.8 Å². The van der Waals surface area contributed by atoms with Gasteiger partial charge in [-0.25, -0.2) is 0 Å². The normalized spacial score (nSPS) is 27.8. The SMILES string of the molecule is CCCCC(=O)C1(C(O)c2ccccc2)CC1C. The summed E-state index contributed by atoms with van der Waals surface area (Å²) in [5, 5.41) is 10.5. The first-order chi connectivity index (χ1) is 8.63. The standard InChI is InChI=1S/C16H22O2/c1-3-4-10-14(17)16(11-12(16)2)15(18)13-8-6-5-7-9-13/h5-9,12,15,18H,3-4,10-11H2,1-2H3. The number of ketones is 1. The number of Topliss-reactive ketones (excluding diaryl/α,β-unsaturated/α-hetero) is 1. The van der Waals surface area contributed by atoms with Crippen LogP contribution in [0.2, 0.25) is 0 Å². The summed E-state index contributed by atoms with van der Waals surface area (Å²) in [5.41, 5.74) is 0.364. The van der Waals surface area contributed by atoms with E-state index >= 15 is 0 Å². The molecule has 0 amide bonds. The molecule has 1 fully saturated rings. The van der Waals surface area contributed by atoms with Gasteiger partial charge in [-0.3, -0.25) is 4.79 Å². The van der Waals surface area contributed by atoms with Crippen LogP contribution in [-0.2, 0) is 4.79 Å². The van der Waals surface area contributed by atoms with Crippen LogP contribution in [0.5, 0.6) is 0 Å². The van der Waals surface area contributed by atoms with Crippen molar-refractivity contribution in [3.8, 4) is 0 Å². The lowest BCUT2D eigenvalue weighted by molar-refractivity contribution is -0.129. The lowest BCUT2D eigenvalue weighted by atomic mass is 9.85. The molecule has 0 aromatic heterocycles. The highest BCUT2D eigenvalue weighted by molar-refractivity contribution is 5.88. The number of carbonyl (C=O) groups excluding carboxylic acids is 1. The summed E-state index contributed by atoms with van der Waals surface area (Å²) < 4.78 is 0. The van der Waals surface area contributed by atoms with Gasteiger partial charge >= 0.3 is 0 Å². The topological polar surface area (TPSA) is 37.3 Å². The van der Waals surface area contributed by atoms with Crippen LogP contribution in [0.25, 0.3) is 0 Å². The summed E-state index contributed by atoms with van der Waals surface area (Å²) in [5.74, 6) is 0.547. The molecule has 98 valence electrons. The third-order valence-corrected chi connectivity index (χ3v) is 4.24. The van der Waals surface area contributed by atoms with Crippen molar-refractivity contribution in [3.63, 3.8) is 0 Å². The van der Waals surface area contributed by atoms with Gasteiger partial charge in [0.15, 0.2) is 0 Å². The first kappa shape index (κ1) is 13.3. The zero-order chi connectivity index (χ0) is 13.2. The minimum absolute atomic E-state index is 0.244. The number of aliphatic hydroxyl groups is 1. The molecule has 0 bridgehead atoms. The smallest absolute Gasteiger partial charge is 0.142 e. The molecule has 0 radical (unpaired) electrons. The van der Waals surface area contributed by atoms with Gasteiger partial charge in [-0.1, -0.05) is 50.6 Å². The molecule has 2 rings (SSSR count). The van der Waals surface area contributed by atoms with Gasteiger partial charge in [0.2, 0.25) is 0 Å². The molecular formula is C16H22O2. The van der Waals surface area contributed by atoms with E-state index in [-0.39, 0.29) is 5.78 Å². The number of hydrogen-bond donors (Lipinski definition) is 1. The Bertz CT molecular complexity index is 412. The highest BCUT2D eigenvalue weighted by Crippen LogP contribution is 2.61. The van der Waals surface area contributed by atoms with E-state index in [1.165, 1.54) is 0 Å². The van der Waals surface area contributed by atoms with Crippen molar-refractivity contribution in [1.29, 1.82) is 0 Å². The molecule has 0 aliphatic heterocycles. The van der Waals surface area contributed by atoms with E-state index in [0.29, 0.717) is 12.3 Å². The van der Waals surface area contributed by atoms with Crippen molar-refractivity contribution in [2.45, 2.75) is 45.6 Å². The van der Waals surface area contributed by atoms with E-state index in [9.17, 15) is 9.90 Å². The maximum absolute atomic E-state index is 12.4. The lowest BCUT2D eigenvalue weighted by Gasteiger charge is -2.22. The third kappa shape index (κ3) is 2.22. The van der Waals surface area contributed by atoms with Gasteiger partial charge in [-0.2, -0.15) is 0 Å². The Morgan fingerprint density at radius 2 is 2.06 bits per heavy atom. The maximum atomic E-state index is 12.4. The van der Waals surface area contributed by atoms with E-state index in [1.54, 1.807) is 0 Å². The number of hydrogen-bond acceptors (Lipinski definition) is 2. The largest absolute Gasteiger partial charge is 0.387 e. The molecule has 3 atom stereocenters. The van der Waals surface area contributed by atoms with E-state index in [0.717, 1.165) is 24.8 Å². The minimum atomic E-state index is -0.641. The van der Waals surface area contributed by atoms with Gasteiger partial charge in [-0.05, 0) is 24.3 Å². The maximum Gasteiger partial charge on any atom is 0.142 e. The van der Waals surface area contributed by atoms with Gasteiger partial charge in [0.05, 0.1) is 11.5 Å². The van der Waals surface area contributed by atoms with Gasteiger partial charge in [-0.15, -0.1) is 0 Å². The second-order valence-electron chi connectivity index (χ2n) is 5.49.